The molecular formula is C65H46IrN3. The summed E-state index contributed by atoms with van der Waals surface area (Å²) in [6.45, 7) is 0. The van der Waals surface area contributed by atoms with Crippen molar-refractivity contribution < 1.29 is 20.1 Å². The Bertz CT molecular complexity index is 3360. The molecule has 0 radical (unpaired) electrons. The van der Waals surface area contributed by atoms with E-state index in [1.54, 1.807) is 0 Å². The minimum Gasteiger partial charge on any atom is -0.304 e. The van der Waals surface area contributed by atoms with Crippen molar-refractivity contribution in [2.24, 2.45) is 0 Å². The van der Waals surface area contributed by atoms with Crippen molar-refractivity contribution in [3.8, 4) is 78.3 Å². The second-order valence-corrected chi connectivity index (χ2v) is 17.2. The molecule has 0 aliphatic rings. The van der Waals surface area contributed by atoms with E-state index in [1.807, 2.05) is 54.9 Å². The number of benzene rings is 8. The molecule has 3 nitrogen and oxygen atoms in total. The molecule has 0 saturated heterocycles. The van der Waals surface area contributed by atoms with Gasteiger partial charge in [0.15, 0.2) is 0 Å². The Morgan fingerprint density at radius 3 is 1.42 bits per heavy atom. The molecule has 0 amide bonds. The largest absolute Gasteiger partial charge is 3.00 e. The van der Waals surface area contributed by atoms with Gasteiger partial charge in [0.05, 0.1) is 0 Å². The molecule has 3 heterocycles. The van der Waals surface area contributed by atoms with Crippen LogP contribution in [0.2, 0.25) is 0 Å². The second-order valence-electron chi connectivity index (χ2n) is 17.2. The van der Waals surface area contributed by atoms with Crippen LogP contribution < -0.4 is 0 Å². The second kappa shape index (κ2) is 21.0. The van der Waals surface area contributed by atoms with Crippen LogP contribution in [-0.4, -0.2) is 15.0 Å². The first-order chi connectivity index (χ1) is 33.7. The number of pyridine rings is 3. The van der Waals surface area contributed by atoms with E-state index >= 15 is 0 Å². The molecule has 3 aromatic heterocycles. The van der Waals surface area contributed by atoms with Crippen LogP contribution in [0.15, 0.2) is 231 Å². The van der Waals surface area contributed by atoms with Crippen LogP contribution in [-0.2, 0) is 45.8 Å². The van der Waals surface area contributed by atoms with Crippen LogP contribution in [0, 0.1) is 18.2 Å². The van der Waals surface area contributed by atoms with Gasteiger partial charge in [0.25, 0.3) is 0 Å². The zero-order valence-corrected chi connectivity index (χ0v) is 40.3. The van der Waals surface area contributed by atoms with E-state index in [2.05, 4.69) is 194 Å². The van der Waals surface area contributed by atoms with Gasteiger partial charge in [-0.2, -0.15) is 0 Å². The number of nitrogens with zero attached hydrogens (tertiary/aromatic N) is 3. The predicted molar refractivity (Wildman–Crippen MR) is 280 cm³/mol. The van der Waals surface area contributed by atoms with Crippen LogP contribution in [0.25, 0.3) is 89.1 Å². The van der Waals surface area contributed by atoms with Crippen molar-refractivity contribution in [3.63, 3.8) is 0 Å². The number of hydrogen-bond acceptors (Lipinski definition) is 3. The molecule has 0 atom stereocenters. The standard InChI is InChI=1S/C65H46N3.Ir/c1-4-15-50(16-5-1)51-33-35-52(36-34-51)55-21-14-22-56(42-55)65-61-26-13-12-25-60(61)62(45-68-65)59-24-11-10-23-58(59)57-40-48(29-27-46-31-37-63(66-43-46)53-17-6-2-7-18-53)39-49(41-57)30-28-47-32-38-64(67-44-47)54-19-8-3-9-20-54;/h1-17,19,21,23-26,31-45H,27-30H2;/q-3;+3. The van der Waals surface area contributed by atoms with E-state index in [1.165, 1.54) is 44.5 Å². The Balaban J connectivity index is 0.00000553. The Kier molecular flexibility index (Phi) is 13.6. The van der Waals surface area contributed by atoms with Gasteiger partial charge in [0, 0.05) is 24.2 Å². The third kappa shape index (κ3) is 10.2. The molecule has 0 aliphatic carbocycles. The number of aryl methyl sites for hydroxylation is 4. The topological polar surface area (TPSA) is 38.7 Å². The minimum absolute atomic E-state index is 0. The molecule has 69 heavy (non-hydrogen) atoms. The van der Waals surface area contributed by atoms with E-state index < -0.39 is 0 Å². The van der Waals surface area contributed by atoms with Crippen molar-refractivity contribution in [1.29, 1.82) is 0 Å². The molecule has 0 bridgehead atoms. The fourth-order valence-corrected chi connectivity index (χ4v) is 9.21. The van der Waals surface area contributed by atoms with Gasteiger partial charge in [-0.05, 0) is 109 Å². The van der Waals surface area contributed by atoms with Gasteiger partial charge in [-0.1, -0.05) is 146 Å². The molecule has 0 N–H and O–H groups in total. The number of fused-ring (bicyclic) bond motifs is 1. The maximum absolute atomic E-state index is 5.24. The van der Waals surface area contributed by atoms with E-state index in [0.29, 0.717) is 0 Å². The SMILES string of the molecule is [Ir+3].[c-]1ccccc1-c1ccc(CCc2cc(CCc3ccc(-c4[c-]cccc4)nc3)cc(-c3ccccc3-c3cnc(-c4[c-]ccc(-c5ccc(-c6ccccc6)cc5)c4)c4ccccc34)c2)cn1. The molecule has 0 aliphatic heterocycles. The minimum atomic E-state index is 0. The van der Waals surface area contributed by atoms with Crippen LogP contribution >= 0.6 is 0 Å². The monoisotopic (exact) mass is 1060 g/mol. The van der Waals surface area contributed by atoms with Crippen LogP contribution in [0.3, 0.4) is 0 Å². The Morgan fingerprint density at radius 1 is 0.304 bits per heavy atom. The van der Waals surface area contributed by atoms with Crippen molar-refractivity contribution in [3.05, 3.63) is 271 Å². The summed E-state index contributed by atoms with van der Waals surface area (Å²) >= 11 is 0. The van der Waals surface area contributed by atoms with Crippen molar-refractivity contribution in [1.82, 2.24) is 15.0 Å². The van der Waals surface area contributed by atoms with Crippen LogP contribution in [0.1, 0.15) is 22.3 Å². The third-order valence-electron chi connectivity index (χ3n) is 12.8. The summed E-state index contributed by atoms with van der Waals surface area (Å²) in [5, 5.41) is 2.25. The van der Waals surface area contributed by atoms with Gasteiger partial charge >= 0.3 is 20.1 Å². The summed E-state index contributed by atoms with van der Waals surface area (Å²) in [5.74, 6) is 0. The Morgan fingerprint density at radius 2 is 0.826 bits per heavy atom. The van der Waals surface area contributed by atoms with Gasteiger partial charge in [0.2, 0.25) is 0 Å². The molecule has 330 valence electrons. The van der Waals surface area contributed by atoms with Crippen LogP contribution in [0.4, 0.5) is 0 Å². The van der Waals surface area contributed by atoms with E-state index in [4.69, 9.17) is 15.0 Å². The molecule has 4 heteroatoms. The Labute approximate surface area is 418 Å². The smallest absolute Gasteiger partial charge is 0.304 e. The molecule has 8 aromatic carbocycles. The van der Waals surface area contributed by atoms with Gasteiger partial charge in [-0.15, -0.1) is 107 Å². The fraction of sp³-hybridized carbons (Fsp3) is 0.0615. The average Bonchev–Trinajstić information content (AvgIpc) is 3.42. The predicted octanol–water partition coefficient (Wildman–Crippen LogP) is 15.7. The molecule has 0 spiro atoms. The van der Waals surface area contributed by atoms with Gasteiger partial charge in [-0.25, -0.2) is 0 Å². The van der Waals surface area contributed by atoms with E-state index in [9.17, 15) is 0 Å². The zero-order chi connectivity index (χ0) is 45.5. The molecule has 0 fully saturated rings. The first-order valence-corrected chi connectivity index (χ1v) is 23.3. The fourth-order valence-electron chi connectivity index (χ4n) is 9.21. The van der Waals surface area contributed by atoms with Crippen molar-refractivity contribution in [2.45, 2.75) is 25.7 Å². The number of hydrogen-bond donors (Lipinski definition) is 0. The number of rotatable bonds is 13. The van der Waals surface area contributed by atoms with E-state index in [-0.39, 0.29) is 20.1 Å². The first kappa shape index (κ1) is 44.9. The molecule has 0 unspecified atom stereocenters. The van der Waals surface area contributed by atoms with Gasteiger partial charge < -0.3 is 15.0 Å². The third-order valence-corrected chi connectivity index (χ3v) is 12.8. The first-order valence-electron chi connectivity index (χ1n) is 23.3. The van der Waals surface area contributed by atoms with E-state index in [0.717, 1.165) is 92.5 Å². The Hall–Kier alpha value is -7.88. The van der Waals surface area contributed by atoms with Gasteiger partial charge in [-0.3, -0.25) is 0 Å². The summed E-state index contributed by atoms with van der Waals surface area (Å²) < 4.78 is 0. The normalized spacial score (nSPS) is 11.0. The summed E-state index contributed by atoms with van der Waals surface area (Å²) in [6.07, 6.45) is 9.62. The average molecular weight is 1060 g/mol. The molecule has 0 saturated carbocycles. The number of aromatic nitrogens is 3. The maximum Gasteiger partial charge on any atom is 3.00 e. The molecule has 11 rings (SSSR count). The van der Waals surface area contributed by atoms with Gasteiger partial charge in [0.1, 0.15) is 0 Å². The molecular weight excluding hydrogens is 1010 g/mol. The quantitative estimate of drug-likeness (QED) is 0.108. The zero-order valence-electron chi connectivity index (χ0n) is 37.9. The molecule has 11 aromatic rings. The summed E-state index contributed by atoms with van der Waals surface area (Å²) in [4.78, 5) is 14.9. The maximum atomic E-state index is 5.24. The summed E-state index contributed by atoms with van der Waals surface area (Å²) in [5.41, 5.74) is 20.1. The summed E-state index contributed by atoms with van der Waals surface area (Å²) in [7, 11) is 0. The van der Waals surface area contributed by atoms with Crippen LogP contribution in [0.5, 0.6) is 0 Å². The van der Waals surface area contributed by atoms with Crippen molar-refractivity contribution in [2.75, 3.05) is 0 Å². The summed E-state index contributed by atoms with van der Waals surface area (Å²) in [6, 6.07) is 85.0. The van der Waals surface area contributed by atoms with Crippen molar-refractivity contribution >= 4 is 10.8 Å².